The average Bonchev–Trinajstić information content (AvgIpc) is 3.91. The molecule has 0 saturated carbocycles. The fourth-order valence-corrected chi connectivity index (χ4v) is 9.49. The minimum absolute atomic E-state index is 0.0408. The number of aliphatic imine (C=N–C) groups is 1. The van der Waals surface area contributed by atoms with Gasteiger partial charge in [0.1, 0.15) is 17.7 Å². The van der Waals surface area contributed by atoms with Crippen molar-refractivity contribution < 1.29 is 32.7 Å². The predicted molar refractivity (Wildman–Crippen MR) is 231 cm³/mol. The van der Waals surface area contributed by atoms with E-state index in [4.69, 9.17) is 14.8 Å². The summed E-state index contributed by atoms with van der Waals surface area (Å²) in [4.78, 5) is 60.5. The Hall–Kier alpha value is -5.74. The molecule has 16 heteroatoms. The first-order chi connectivity index (χ1) is 30.2. The number of halogens is 2. The summed E-state index contributed by atoms with van der Waals surface area (Å²) in [7, 11) is 0. The van der Waals surface area contributed by atoms with Crippen LogP contribution >= 0.6 is 0 Å². The monoisotopic (exact) mass is 849 g/mol. The zero-order valence-corrected chi connectivity index (χ0v) is 34.8. The molecule has 6 aliphatic heterocycles. The van der Waals surface area contributed by atoms with Gasteiger partial charge in [-0.05, 0) is 73.6 Å². The van der Waals surface area contributed by atoms with E-state index in [-0.39, 0.29) is 54.3 Å². The van der Waals surface area contributed by atoms with Crippen LogP contribution in [-0.4, -0.2) is 126 Å². The molecule has 3 saturated heterocycles. The average molecular weight is 850 g/mol. The Bertz CT molecular complexity index is 2250. The summed E-state index contributed by atoms with van der Waals surface area (Å²) in [6.07, 6.45) is 9.18. The number of carbonyl (C=O) groups excluding carboxylic acids is 4. The van der Waals surface area contributed by atoms with Crippen LogP contribution in [0, 0.1) is 17.6 Å². The maximum absolute atomic E-state index is 15.4. The van der Waals surface area contributed by atoms with Crippen molar-refractivity contribution in [2.45, 2.75) is 82.6 Å². The van der Waals surface area contributed by atoms with Gasteiger partial charge in [-0.1, -0.05) is 24.6 Å². The first-order valence-electron chi connectivity index (χ1n) is 22.0. The summed E-state index contributed by atoms with van der Waals surface area (Å²) < 4.78 is 36.2. The second kappa shape index (κ2) is 18.3. The highest BCUT2D eigenvalue weighted by Crippen LogP contribution is 2.40. The van der Waals surface area contributed by atoms with Crippen molar-refractivity contribution in [1.29, 1.82) is 0 Å². The van der Waals surface area contributed by atoms with Crippen molar-refractivity contribution in [1.82, 2.24) is 25.0 Å². The van der Waals surface area contributed by atoms with Crippen molar-refractivity contribution >= 4 is 53.1 Å². The Morgan fingerprint density at radius 2 is 1.71 bits per heavy atom. The fraction of sp³-hybridized carbons (Fsp3) is 0.478. The minimum Gasteiger partial charge on any atom is -0.385 e. The fourth-order valence-electron chi connectivity index (χ4n) is 9.49. The van der Waals surface area contributed by atoms with E-state index in [9.17, 15) is 19.2 Å². The molecular weight excluding hydrogens is 797 g/mol. The number of nitrogens with zero attached hydrogens (tertiary/aromatic N) is 6. The number of hydrogen-bond acceptors (Lipinski definition) is 11. The van der Waals surface area contributed by atoms with Crippen LogP contribution in [-0.2, 0) is 32.2 Å². The highest BCUT2D eigenvalue weighted by atomic mass is 19.1. The van der Waals surface area contributed by atoms with Crippen molar-refractivity contribution in [3.63, 3.8) is 0 Å². The van der Waals surface area contributed by atoms with Gasteiger partial charge in [0.25, 0.3) is 5.91 Å². The smallest absolute Gasteiger partial charge is 0.255 e. The molecule has 0 spiro atoms. The molecule has 62 heavy (non-hydrogen) atoms. The molecule has 0 radical (unpaired) electrons. The number of anilines is 2. The van der Waals surface area contributed by atoms with Crippen LogP contribution in [0.4, 0.5) is 25.8 Å². The van der Waals surface area contributed by atoms with E-state index in [1.165, 1.54) is 12.1 Å². The van der Waals surface area contributed by atoms with E-state index in [0.29, 0.717) is 94.2 Å². The summed E-state index contributed by atoms with van der Waals surface area (Å²) in [5, 5.41) is 16.3. The van der Waals surface area contributed by atoms with Crippen LogP contribution in [0.1, 0.15) is 72.9 Å². The summed E-state index contributed by atoms with van der Waals surface area (Å²) in [5.41, 5.74) is 4.97. The molecule has 3 fully saturated rings. The number of fused-ring (bicyclic) bond motifs is 2. The Morgan fingerprint density at radius 3 is 2.50 bits per heavy atom. The molecule has 0 aliphatic carbocycles. The zero-order valence-electron chi connectivity index (χ0n) is 34.8. The van der Waals surface area contributed by atoms with E-state index in [2.05, 4.69) is 21.0 Å². The third-order valence-corrected chi connectivity index (χ3v) is 13.1. The van der Waals surface area contributed by atoms with Crippen LogP contribution in [0.25, 0.3) is 11.1 Å². The van der Waals surface area contributed by atoms with E-state index in [1.54, 1.807) is 4.90 Å². The number of hydrogen-bond donors (Lipinski definition) is 3. The topological polar surface area (TPSA) is 151 Å². The molecule has 3 N–H and O–H groups in total. The molecule has 6 aliphatic rings. The minimum atomic E-state index is -0.631. The molecule has 4 amide bonds. The number of likely N-dealkylation sites (tertiary alicyclic amines) is 1. The third kappa shape index (κ3) is 8.93. The zero-order chi connectivity index (χ0) is 42.7. The van der Waals surface area contributed by atoms with E-state index in [1.807, 2.05) is 58.6 Å². The SMILES string of the molecule is O=C1CCC(N2Cc3ccc(NCCCCCC(=O)N4CCC(N5CC(C6C=Nc7cccc(-c8cc(F)c(CN9CCOCC9)c(F)c8)c7N6)C=N5)CC4)cc3C2=O)C(=O)N1. The Labute approximate surface area is 359 Å². The Morgan fingerprint density at radius 1 is 0.903 bits per heavy atom. The number of morpholine rings is 1. The van der Waals surface area contributed by atoms with Gasteiger partial charge < -0.3 is 25.2 Å². The Balaban J connectivity index is 0.694. The van der Waals surface area contributed by atoms with Crippen LogP contribution in [0.5, 0.6) is 0 Å². The number of unbranched alkanes of at least 4 members (excludes halogenated alkanes) is 2. The van der Waals surface area contributed by atoms with Gasteiger partial charge >= 0.3 is 0 Å². The number of piperidine rings is 2. The highest BCUT2D eigenvalue weighted by Gasteiger charge is 2.39. The maximum Gasteiger partial charge on any atom is 0.255 e. The van der Waals surface area contributed by atoms with Gasteiger partial charge in [0.05, 0.1) is 36.7 Å². The maximum atomic E-state index is 15.4. The molecule has 6 heterocycles. The van der Waals surface area contributed by atoms with Gasteiger partial charge in [0.2, 0.25) is 17.7 Å². The predicted octanol–water partition coefficient (Wildman–Crippen LogP) is 5.30. The quantitative estimate of drug-likeness (QED) is 0.154. The second-order valence-corrected chi connectivity index (χ2v) is 17.1. The summed E-state index contributed by atoms with van der Waals surface area (Å²) in [6.45, 7) is 5.76. The van der Waals surface area contributed by atoms with Gasteiger partial charge in [-0.25, -0.2) is 8.78 Å². The lowest BCUT2D eigenvalue weighted by atomic mass is 9.95. The van der Waals surface area contributed by atoms with Crippen LogP contribution < -0.4 is 16.0 Å². The highest BCUT2D eigenvalue weighted by molar-refractivity contribution is 6.05. The van der Waals surface area contributed by atoms with Crippen LogP contribution in [0.15, 0.2) is 58.6 Å². The summed E-state index contributed by atoms with van der Waals surface area (Å²) in [6, 6.07) is 13.6. The number of rotatable bonds is 13. The third-order valence-electron chi connectivity index (χ3n) is 13.1. The normalized spacial score (nSPS) is 22.8. The standard InChI is InChI=1S/C46H53F2N9O5/c47-37-21-30(22-38(48)36(37)28-54-17-19-62-20-18-54)34-5-4-6-39-44(34)52-40(25-50-39)31-24-51-57(27-31)33-12-15-55(16-13-33)43(59)7-2-1-3-14-49-32-9-8-29-26-56(46(61)35(29)23-32)41-10-11-42(58)53-45(41)60/h4-6,8-9,21-25,31,33,40-41,49,52H,1-3,7,10-20,26-28H2,(H,53,58,60). The molecule has 9 rings (SSSR count). The number of amides is 4. The lowest BCUT2D eigenvalue weighted by Crippen LogP contribution is -2.52. The molecule has 3 unspecified atom stereocenters. The first kappa shape index (κ1) is 41.6. The number of para-hydroxylation sites is 1. The number of imide groups is 1. The molecule has 0 aromatic heterocycles. The molecule has 3 aromatic rings. The molecule has 326 valence electrons. The van der Waals surface area contributed by atoms with Gasteiger partial charge in [-0.2, -0.15) is 5.10 Å². The number of nitrogens with one attached hydrogen (secondary N) is 3. The second-order valence-electron chi connectivity index (χ2n) is 17.1. The molecule has 0 bridgehead atoms. The van der Waals surface area contributed by atoms with Crippen molar-refractivity contribution in [3.8, 4) is 11.1 Å². The lowest BCUT2D eigenvalue weighted by molar-refractivity contribution is -0.137. The van der Waals surface area contributed by atoms with Crippen molar-refractivity contribution in [3.05, 3.63) is 76.9 Å². The first-order valence-corrected chi connectivity index (χ1v) is 22.0. The van der Waals surface area contributed by atoms with Crippen molar-refractivity contribution in [2.24, 2.45) is 16.0 Å². The number of benzene rings is 3. The number of carbonyl (C=O) groups is 4. The van der Waals surface area contributed by atoms with Gasteiger partial charge in [0, 0.05) is 106 Å². The summed E-state index contributed by atoms with van der Waals surface area (Å²) >= 11 is 0. The van der Waals surface area contributed by atoms with E-state index >= 15 is 8.78 Å². The van der Waals surface area contributed by atoms with Crippen LogP contribution in [0.3, 0.4) is 0 Å². The Kier molecular flexibility index (Phi) is 12.3. The van der Waals surface area contributed by atoms with Gasteiger partial charge in [-0.15, -0.1) is 0 Å². The lowest BCUT2D eigenvalue weighted by Gasteiger charge is -2.36. The largest absolute Gasteiger partial charge is 0.385 e. The summed E-state index contributed by atoms with van der Waals surface area (Å²) in [5.74, 6) is -1.81. The molecule has 14 nitrogen and oxygen atoms in total. The molecule has 3 aromatic carbocycles. The van der Waals surface area contributed by atoms with Gasteiger partial charge in [0.15, 0.2) is 0 Å². The number of hydrazone groups is 1. The molecule has 3 atom stereocenters. The van der Waals surface area contributed by atoms with E-state index in [0.717, 1.165) is 49.0 Å². The molecular formula is C46H53F2N9O5. The van der Waals surface area contributed by atoms with Gasteiger partial charge in [-0.3, -0.25) is 39.4 Å². The van der Waals surface area contributed by atoms with E-state index < -0.39 is 23.6 Å². The van der Waals surface area contributed by atoms with Crippen LogP contribution in [0.2, 0.25) is 0 Å². The van der Waals surface area contributed by atoms with Crippen molar-refractivity contribution in [2.75, 3.05) is 63.1 Å². The number of ether oxygens (including phenoxy) is 1.